The van der Waals surface area contributed by atoms with E-state index in [0.717, 1.165) is 31.2 Å². The smallest absolute Gasteiger partial charge is 0.308 e. The van der Waals surface area contributed by atoms with Crippen LogP contribution in [0, 0.1) is 5.92 Å². The molecule has 2 saturated heterocycles. The van der Waals surface area contributed by atoms with E-state index in [1.54, 1.807) is 12.1 Å². The van der Waals surface area contributed by atoms with Crippen LogP contribution in [0.15, 0.2) is 23.1 Å². The second-order valence-electron chi connectivity index (χ2n) is 8.70. The quantitative estimate of drug-likeness (QED) is 0.633. The van der Waals surface area contributed by atoms with Crippen LogP contribution in [0.4, 0.5) is 0 Å². The van der Waals surface area contributed by atoms with Crippen LogP contribution < -0.4 is 0 Å². The molecule has 7 nitrogen and oxygen atoms in total. The molecule has 4 rings (SSSR count). The highest BCUT2D eigenvalue weighted by atomic mass is 32.2. The summed E-state index contributed by atoms with van der Waals surface area (Å²) in [5, 5.41) is -0.973. The molecule has 2 fully saturated rings. The zero-order valence-electron chi connectivity index (χ0n) is 17.2. The minimum Gasteiger partial charge on any atom is -0.469 e. The molecule has 0 unspecified atom stereocenters. The van der Waals surface area contributed by atoms with Gasteiger partial charge in [-0.05, 0) is 74.9 Å². The number of hydrogen-bond acceptors (Lipinski definition) is 7. The predicted octanol–water partition coefficient (Wildman–Crippen LogP) is 1.39. The zero-order chi connectivity index (χ0) is 21.5. The highest BCUT2D eigenvalue weighted by Crippen LogP contribution is 2.33. The second kappa shape index (κ2) is 8.24. The number of methoxy groups -OCH3 is 1. The Bertz CT molecular complexity index is 1030. The summed E-state index contributed by atoms with van der Waals surface area (Å²) in [6.45, 7) is 0.992. The average Bonchev–Trinajstić information content (AvgIpc) is 3.09. The molecule has 0 N–H and O–H groups in total. The van der Waals surface area contributed by atoms with Crippen LogP contribution in [-0.4, -0.2) is 70.7 Å². The molecule has 0 amide bonds. The molecule has 0 spiro atoms. The highest BCUT2D eigenvalue weighted by Gasteiger charge is 2.49. The van der Waals surface area contributed by atoms with Crippen LogP contribution in [0.1, 0.15) is 36.8 Å². The van der Waals surface area contributed by atoms with Gasteiger partial charge in [0, 0.05) is 6.04 Å². The van der Waals surface area contributed by atoms with Gasteiger partial charge in [-0.1, -0.05) is 6.07 Å². The van der Waals surface area contributed by atoms with Gasteiger partial charge in [-0.2, -0.15) is 0 Å². The number of likely N-dealkylation sites (tertiary alicyclic amines) is 1. The first kappa shape index (κ1) is 21.8. The van der Waals surface area contributed by atoms with Crippen molar-refractivity contribution in [1.29, 1.82) is 0 Å². The van der Waals surface area contributed by atoms with Gasteiger partial charge in [0.05, 0.1) is 34.7 Å². The number of esters is 1. The third-order valence-electron chi connectivity index (χ3n) is 6.85. The molecule has 30 heavy (non-hydrogen) atoms. The molecule has 0 saturated carbocycles. The molecule has 3 aliphatic rings. The number of ether oxygens (including phenoxy) is 1. The average molecular weight is 456 g/mol. The first-order valence-electron chi connectivity index (χ1n) is 10.6. The Hall–Kier alpha value is -1.45. The lowest BCUT2D eigenvalue weighted by Crippen LogP contribution is -2.50. The third-order valence-corrected chi connectivity index (χ3v) is 11.0. The number of fused-ring (bicyclic) bond motifs is 1. The Morgan fingerprint density at radius 1 is 1.07 bits per heavy atom. The summed E-state index contributed by atoms with van der Waals surface area (Å²) in [4.78, 5) is 14.0. The summed E-state index contributed by atoms with van der Waals surface area (Å²) in [5.41, 5.74) is 2.26. The third kappa shape index (κ3) is 4.16. The van der Waals surface area contributed by atoms with E-state index in [2.05, 4.69) is 0 Å². The number of rotatable bonds is 4. The topological polar surface area (TPSA) is 97.8 Å². The maximum absolute atomic E-state index is 13.5. The number of hydrogen-bond donors (Lipinski definition) is 0. The van der Waals surface area contributed by atoms with Crippen LogP contribution in [-0.2, 0) is 42.0 Å². The number of aryl methyl sites for hydroxylation is 2. The lowest BCUT2D eigenvalue weighted by molar-refractivity contribution is -0.147. The SMILES string of the molecule is COC(=O)C1CCN([C@H]2CS(=O)(=O)C[C@@H]2S(=O)(=O)c2ccc3c(c2)CCCC3)CC1. The van der Waals surface area contributed by atoms with E-state index in [-0.39, 0.29) is 28.3 Å². The van der Waals surface area contributed by atoms with Gasteiger partial charge in [0.25, 0.3) is 0 Å². The highest BCUT2D eigenvalue weighted by molar-refractivity contribution is 7.96. The molecule has 0 radical (unpaired) electrons. The van der Waals surface area contributed by atoms with Crippen LogP contribution >= 0.6 is 0 Å². The Balaban J connectivity index is 1.59. The summed E-state index contributed by atoms with van der Waals surface area (Å²) < 4.78 is 56.8. The molecule has 2 aliphatic heterocycles. The number of sulfone groups is 2. The molecule has 9 heteroatoms. The van der Waals surface area contributed by atoms with E-state index < -0.39 is 31.0 Å². The number of piperidine rings is 1. The van der Waals surface area contributed by atoms with E-state index in [1.165, 1.54) is 12.7 Å². The van der Waals surface area contributed by atoms with Gasteiger partial charge < -0.3 is 4.74 Å². The Kier molecular flexibility index (Phi) is 5.98. The molecular weight excluding hydrogens is 426 g/mol. The van der Waals surface area contributed by atoms with Crippen molar-refractivity contribution in [2.45, 2.75) is 54.7 Å². The standard InChI is InChI=1S/C21H29NO6S2/c1-28-21(23)16-8-10-22(11-9-16)19-13-29(24,25)14-20(19)30(26,27)18-7-6-15-4-2-3-5-17(15)12-18/h6-7,12,16,19-20H,2-5,8-11,13-14H2,1H3/t19-,20-/m0/s1. The van der Waals surface area contributed by atoms with Gasteiger partial charge in [0.15, 0.2) is 19.7 Å². The maximum Gasteiger partial charge on any atom is 0.308 e. The number of carbonyl (C=O) groups is 1. The van der Waals surface area contributed by atoms with Crippen LogP contribution in [0.25, 0.3) is 0 Å². The first-order valence-corrected chi connectivity index (χ1v) is 14.0. The Morgan fingerprint density at radius 2 is 1.73 bits per heavy atom. The summed E-state index contributed by atoms with van der Waals surface area (Å²) >= 11 is 0. The molecule has 0 bridgehead atoms. The maximum atomic E-state index is 13.5. The first-order chi connectivity index (χ1) is 14.2. The Morgan fingerprint density at radius 3 is 2.40 bits per heavy atom. The van der Waals surface area contributed by atoms with Gasteiger partial charge in [0.1, 0.15) is 0 Å². The van der Waals surface area contributed by atoms with Crippen molar-refractivity contribution >= 4 is 25.6 Å². The molecule has 2 heterocycles. The minimum absolute atomic E-state index is 0.148. The summed E-state index contributed by atoms with van der Waals surface area (Å²) in [5.74, 6) is -0.953. The molecule has 1 aliphatic carbocycles. The van der Waals surface area contributed by atoms with Gasteiger partial charge in [-0.25, -0.2) is 16.8 Å². The summed E-state index contributed by atoms with van der Waals surface area (Å²) in [6, 6.07) is 4.72. The van der Waals surface area contributed by atoms with Crippen molar-refractivity contribution in [2.24, 2.45) is 5.92 Å². The molecular formula is C21H29NO6S2. The number of benzene rings is 1. The monoisotopic (exact) mass is 455 g/mol. The lowest BCUT2D eigenvalue weighted by Gasteiger charge is -2.36. The fourth-order valence-corrected chi connectivity index (χ4v) is 10.0. The summed E-state index contributed by atoms with van der Waals surface area (Å²) in [7, 11) is -5.88. The van der Waals surface area contributed by atoms with Crippen molar-refractivity contribution in [3.63, 3.8) is 0 Å². The second-order valence-corrected chi connectivity index (χ2v) is 13.0. The van der Waals surface area contributed by atoms with Crippen molar-refractivity contribution < 1.29 is 26.4 Å². The van der Waals surface area contributed by atoms with E-state index in [0.29, 0.717) is 25.9 Å². The summed E-state index contributed by atoms with van der Waals surface area (Å²) in [6.07, 6.45) is 5.09. The van der Waals surface area contributed by atoms with Crippen LogP contribution in [0.5, 0.6) is 0 Å². The van der Waals surface area contributed by atoms with Gasteiger partial charge >= 0.3 is 5.97 Å². The number of carbonyl (C=O) groups excluding carboxylic acids is 1. The van der Waals surface area contributed by atoms with Gasteiger partial charge in [-0.3, -0.25) is 9.69 Å². The van der Waals surface area contributed by atoms with E-state index in [9.17, 15) is 21.6 Å². The van der Waals surface area contributed by atoms with E-state index in [1.807, 2.05) is 11.0 Å². The van der Waals surface area contributed by atoms with Crippen molar-refractivity contribution in [2.75, 3.05) is 31.7 Å². The van der Waals surface area contributed by atoms with Gasteiger partial charge in [0.2, 0.25) is 0 Å². The molecule has 0 aromatic heterocycles. The fourth-order valence-electron chi connectivity index (χ4n) is 5.13. The van der Waals surface area contributed by atoms with Crippen LogP contribution in [0.3, 0.4) is 0 Å². The normalized spacial score (nSPS) is 27.5. The molecule has 2 atom stereocenters. The lowest BCUT2D eigenvalue weighted by atomic mass is 9.92. The number of nitrogens with zero attached hydrogens (tertiary/aromatic N) is 1. The Labute approximate surface area is 178 Å². The van der Waals surface area contributed by atoms with E-state index in [4.69, 9.17) is 4.74 Å². The minimum atomic E-state index is -3.79. The van der Waals surface area contributed by atoms with E-state index >= 15 is 0 Å². The van der Waals surface area contributed by atoms with Crippen molar-refractivity contribution in [3.8, 4) is 0 Å². The van der Waals surface area contributed by atoms with Crippen LogP contribution in [0.2, 0.25) is 0 Å². The van der Waals surface area contributed by atoms with Crippen molar-refractivity contribution in [3.05, 3.63) is 29.3 Å². The molecule has 1 aromatic carbocycles. The largest absolute Gasteiger partial charge is 0.469 e. The fraction of sp³-hybridized carbons (Fsp3) is 0.667. The van der Waals surface area contributed by atoms with Crippen molar-refractivity contribution in [1.82, 2.24) is 4.90 Å². The van der Waals surface area contributed by atoms with Gasteiger partial charge in [-0.15, -0.1) is 0 Å². The molecule has 166 valence electrons. The predicted molar refractivity (Wildman–Crippen MR) is 113 cm³/mol. The zero-order valence-corrected chi connectivity index (χ0v) is 18.9. The molecule has 1 aromatic rings.